The van der Waals surface area contributed by atoms with Crippen LogP contribution in [0.1, 0.15) is 33.1 Å². The van der Waals surface area contributed by atoms with Gasteiger partial charge in [0.25, 0.3) is 0 Å². The van der Waals surface area contributed by atoms with Crippen LogP contribution in [0, 0.1) is 11.8 Å². The Labute approximate surface area is 92.1 Å². The van der Waals surface area contributed by atoms with Gasteiger partial charge in [0.1, 0.15) is 0 Å². The first kappa shape index (κ1) is 12.2. The van der Waals surface area contributed by atoms with E-state index in [4.69, 9.17) is 5.73 Å². The highest BCUT2D eigenvalue weighted by Gasteiger charge is 2.19. The van der Waals surface area contributed by atoms with Crippen LogP contribution in [-0.2, 0) is 4.79 Å². The Morgan fingerprint density at radius 1 is 1.53 bits per heavy atom. The Morgan fingerprint density at radius 2 is 2.27 bits per heavy atom. The Hall–Kier alpha value is -0.830. The summed E-state index contributed by atoms with van der Waals surface area (Å²) in [5, 5.41) is 2.94. The van der Waals surface area contributed by atoms with Crippen LogP contribution in [0.15, 0.2) is 12.2 Å². The molecule has 2 unspecified atom stereocenters. The maximum absolute atomic E-state index is 11.7. The highest BCUT2D eigenvalue weighted by atomic mass is 16.1. The standard InChI is InChI=1S/C12H22N2O/c1-9(2)11(13)8-14-12(15)10-6-4-3-5-7-10/h3-4,9-11H,5-8,13H2,1-2H3,(H,14,15). The maximum atomic E-state index is 11.7. The van der Waals surface area contributed by atoms with Crippen molar-refractivity contribution in [3.8, 4) is 0 Å². The molecule has 86 valence electrons. The van der Waals surface area contributed by atoms with Gasteiger partial charge >= 0.3 is 0 Å². The molecule has 15 heavy (non-hydrogen) atoms. The van der Waals surface area contributed by atoms with Gasteiger partial charge in [-0.3, -0.25) is 4.79 Å². The summed E-state index contributed by atoms with van der Waals surface area (Å²) in [6.45, 7) is 4.73. The predicted octanol–water partition coefficient (Wildman–Crippen LogP) is 1.44. The first-order chi connectivity index (χ1) is 7.11. The van der Waals surface area contributed by atoms with Gasteiger partial charge in [0.2, 0.25) is 5.91 Å². The number of hydrogen-bond donors (Lipinski definition) is 2. The molecule has 3 nitrogen and oxygen atoms in total. The molecule has 1 rings (SSSR count). The largest absolute Gasteiger partial charge is 0.354 e. The molecule has 0 spiro atoms. The van der Waals surface area contributed by atoms with Crippen LogP contribution in [-0.4, -0.2) is 18.5 Å². The average Bonchev–Trinajstić information content (AvgIpc) is 2.26. The van der Waals surface area contributed by atoms with Gasteiger partial charge in [0.15, 0.2) is 0 Å². The molecular formula is C12H22N2O. The molecule has 2 atom stereocenters. The number of carbonyl (C=O) groups excluding carboxylic acids is 1. The highest BCUT2D eigenvalue weighted by molar-refractivity contribution is 5.79. The third-order valence-electron chi connectivity index (χ3n) is 3.01. The molecule has 1 aliphatic carbocycles. The summed E-state index contributed by atoms with van der Waals surface area (Å²) in [7, 11) is 0. The summed E-state index contributed by atoms with van der Waals surface area (Å²) >= 11 is 0. The summed E-state index contributed by atoms with van der Waals surface area (Å²) in [5.74, 6) is 0.737. The van der Waals surface area contributed by atoms with Gasteiger partial charge in [0.05, 0.1) is 0 Å². The number of hydrogen-bond acceptors (Lipinski definition) is 2. The second-order valence-corrected chi connectivity index (χ2v) is 4.63. The Bertz CT molecular complexity index is 236. The maximum Gasteiger partial charge on any atom is 0.223 e. The zero-order valence-electron chi connectivity index (χ0n) is 9.70. The third-order valence-corrected chi connectivity index (χ3v) is 3.01. The number of nitrogens with one attached hydrogen (secondary N) is 1. The lowest BCUT2D eigenvalue weighted by atomic mass is 9.93. The lowest BCUT2D eigenvalue weighted by Gasteiger charge is -2.20. The molecule has 0 aromatic heterocycles. The molecule has 0 saturated carbocycles. The van der Waals surface area contributed by atoms with Crippen molar-refractivity contribution in [1.29, 1.82) is 0 Å². The lowest BCUT2D eigenvalue weighted by molar-refractivity contribution is -0.125. The van der Waals surface area contributed by atoms with Crippen molar-refractivity contribution in [2.45, 2.75) is 39.2 Å². The molecule has 0 aromatic carbocycles. The van der Waals surface area contributed by atoms with Crippen molar-refractivity contribution < 1.29 is 4.79 Å². The van der Waals surface area contributed by atoms with Crippen LogP contribution in [0.4, 0.5) is 0 Å². The minimum atomic E-state index is 0.0630. The zero-order valence-corrected chi connectivity index (χ0v) is 9.70. The fraction of sp³-hybridized carbons (Fsp3) is 0.750. The first-order valence-corrected chi connectivity index (χ1v) is 5.79. The van der Waals surface area contributed by atoms with E-state index in [0.717, 1.165) is 19.3 Å². The van der Waals surface area contributed by atoms with Crippen LogP contribution in [0.25, 0.3) is 0 Å². The van der Waals surface area contributed by atoms with E-state index < -0.39 is 0 Å². The van der Waals surface area contributed by atoms with Gasteiger partial charge in [-0.15, -0.1) is 0 Å². The SMILES string of the molecule is CC(C)C(N)CNC(=O)C1CC=CCC1. The monoisotopic (exact) mass is 210 g/mol. The van der Waals surface area contributed by atoms with Crippen molar-refractivity contribution >= 4 is 5.91 Å². The molecule has 0 aliphatic heterocycles. The topological polar surface area (TPSA) is 55.1 Å². The van der Waals surface area contributed by atoms with E-state index >= 15 is 0 Å². The fourth-order valence-corrected chi connectivity index (χ4v) is 1.63. The zero-order chi connectivity index (χ0) is 11.3. The molecule has 3 N–H and O–H groups in total. The quantitative estimate of drug-likeness (QED) is 0.690. The van der Waals surface area contributed by atoms with E-state index in [-0.39, 0.29) is 17.9 Å². The van der Waals surface area contributed by atoms with Crippen LogP contribution >= 0.6 is 0 Å². The molecule has 0 aromatic rings. The van der Waals surface area contributed by atoms with Crippen molar-refractivity contribution in [2.24, 2.45) is 17.6 Å². The van der Waals surface area contributed by atoms with E-state index in [1.807, 2.05) is 0 Å². The Morgan fingerprint density at radius 3 is 2.80 bits per heavy atom. The summed E-state index contributed by atoms with van der Waals surface area (Å²) < 4.78 is 0. The smallest absolute Gasteiger partial charge is 0.223 e. The number of nitrogens with two attached hydrogens (primary N) is 1. The number of allylic oxidation sites excluding steroid dienone is 2. The number of amides is 1. The van der Waals surface area contributed by atoms with Gasteiger partial charge in [-0.2, -0.15) is 0 Å². The third kappa shape index (κ3) is 4.04. The normalized spacial score (nSPS) is 22.8. The molecule has 3 heteroatoms. The summed E-state index contributed by atoms with van der Waals surface area (Å²) in [6, 6.07) is 0.0630. The van der Waals surface area contributed by atoms with Crippen LogP contribution in [0.3, 0.4) is 0 Å². The minimum absolute atomic E-state index is 0.0630. The first-order valence-electron chi connectivity index (χ1n) is 5.79. The van der Waals surface area contributed by atoms with Crippen LogP contribution in [0.5, 0.6) is 0 Å². The Balaban J connectivity index is 2.26. The number of rotatable bonds is 4. The summed E-state index contributed by atoms with van der Waals surface area (Å²) in [4.78, 5) is 11.7. The number of carbonyl (C=O) groups is 1. The van der Waals surface area contributed by atoms with E-state index in [2.05, 4.69) is 31.3 Å². The van der Waals surface area contributed by atoms with E-state index in [9.17, 15) is 4.79 Å². The predicted molar refractivity (Wildman–Crippen MR) is 62.3 cm³/mol. The molecule has 1 amide bonds. The second-order valence-electron chi connectivity index (χ2n) is 4.63. The lowest BCUT2D eigenvalue weighted by Crippen LogP contribution is -2.42. The summed E-state index contributed by atoms with van der Waals surface area (Å²) in [6.07, 6.45) is 7.11. The van der Waals surface area contributed by atoms with Gasteiger partial charge < -0.3 is 11.1 Å². The van der Waals surface area contributed by atoms with Crippen molar-refractivity contribution in [3.05, 3.63) is 12.2 Å². The van der Waals surface area contributed by atoms with Crippen molar-refractivity contribution in [2.75, 3.05) is 6.54 Å². The van der Waals surface area contributed by atoms with E-state index in [1.165, 1.54) is 0 Å². The molecule has 0 fully saturated rings. The van der Waals surface area contributed by atoms with Crippen LogP contribution in [0.2, 0.25) is 0 Å². The van der Waals surface area contributed by atoms with Gasteiger partial charge in [0, 0.05) is 18.5 Å². The molecule has 1 aliphatic rings. The van der Waals surface area contributed by atoms with Crippen LogP contribution < -0.4 is 11.1 Å². The van der Waals surface area contributed by atoms with Gasteiger partial charge in [-0.1, -0.05) is 26.0 Å². The second kappa shape index (κ2) is 5.91. The van der Waals surface area contributed by atoms with Gasteiger partial charge in [-0.25, -0.2) is 0 Å². The molecule has 0 radical (unpaired) electrons. The summed E-state index contributed by atoms with van der Waals surface area (Å²) in [5.41, 5.74) is 5.87. The van der Waals surface area contributed by atoms with E-state index in [0.29, 0.717) is 12.5 Å². The molecule has 0 heterocycles. The van der Waals surface area contributed by atoms with E-state index in [1.54, 1.807) is 0 Å². The minimum Gasteiger partial charge on any atom is -0.354 e. The molecule has 0 bridgehead atoms. The molecule has 0 saturated heterocycles. The highest BCUT2D eigenvalue weighted by Crippen LogP contribution is 2.17. The molecular weight excluding hydrogens is 188 g/mol. The average molecular weight is 210 g/mol. The Kier molecular flexibility index (Phi) is 4.82. The van der Waals surface area contributed by atoms with Gasteiger partial charge in [-0.05, 0) is 25.2 Å². The fourth-order valence-electron chi connectivity index (χ4n) is 1.63. The van der Waals surface area contributed by atoms with Crippen molar-refractivity contribution in [3.63, 3.8) is 0 Å². The van der Waals surface area contributed by atoms with Crippen molar-refractivity contribution in [1.82, 2.24) is 5.32 Å².